The minimum absolute atomic E-state index is 0.402. The molecule has 0 atom stereocenters. The van der Waals surface area contributed by atoms with Crippen LogP contribution in [0, 0.1) is 0 Å². The molecule has 118 valence electrons. The minimum atomic E-state index is 0.402. The van der Waals surface area contributed by atoms with Crippen LogP contribution in [0.25, 0.3) is 0 Å². The maximum atomic E-state index is 6.13. The molecule has 0 bridgehead atoms. The Hall–Kier alpha value is -2.73. The highest BCUT2D eigenvalue weighted by Crippen LogP contribution is 2.13. The average Bonchev–Trinajstić information content (AvgIpc) is 2.63. The number of aromatic nitrogens is 1. The summed E-state index contributed by atoms with van der Waals surface area (Å²) in [6.07, 6.45) is 3.40. The summed E-state index contributed by atoms with van der Waals surface area (Å²) >= 11 is 0. The standard InChI is InChI=1S/C17H19N5O/c18-16(14-5-4-8-19-13-14)21-17(22-9-11-23-12-10-22)20-15-6-2-1-3-7-15/h1-8,13H,9-12H2,(H2,18,20,21). The summed E-state index contributed by atoms with van der Waals surface area (Å²) < 4.78 is 5.40. The van der Waals surface area contributed by atoms with Gasteiger partial charge in [-0.3, -0.25) is 4.98 Å². The monoisotopic (exact) mass is 309 g/mol. The number of hydrogen-bond acceptors (Lipinski definition) is 3. The molecule has 1 aromatic carbocycles. The molecule has 0 saturated carbocycles. The molecule has 2 aromatic rings. The van der Waals surface area contributed by atoms with Crippen molar-refractivity contribution in [3.8, 4) is 0 Å². The molecule has 0 unspecified atom stereocenters. The van der Waals surface area contributed by atoms with Gasteiger partial charge in [0.15, 0.2) is 0 Å². The number of rotatable bonds is 2. The maximum absolute atomic E-state index is 6.13. The summed E-state index contributed by atoms with van der Waals surface area (Å²) in [6, 6.07) is 13.5. The van der Waals surface area contributed by atoms with Crippen molar-refractivity contribution in [2.45, 2.75) is 0 Å². The summed E-state index contributed by atoms with van der Waals surface area (Å²) in [5, 5.41) is 0. The highest BCUT2D eigenvalue weighted by Gasteiger charge is 2.15. The van der Waals surface area contributed by atoms with Crippen molar-refractivity contribution in [3.05, 3.63) is 60.4 Å². The van der Waals surface area contributed by atoms with E-state index in [1.165, 1.54) is 0 Å². The first kappa shape index (κ1) is 15.2. The number of pyridine rings is 1. The molecular weight excluding hydrogens is 290 g/mol. The lowest BCUT2D eigenvalue weighted by atomic mass is 10.3. The molecule has 0 spiro atoms. The zero-order valence-electron chi connectivity index (χ0n) is 12.8. The third-order valence-corrected chi connectivity index (χ3v) is 3.46. The molecule has 0 amide bonds. The number of para-hydroxylation sites is 1. The lowest BCUT2D eigenvalue weighted by Gasteiger charge is -2.27. The Bertz CT molecular complexity index is 679. The van der Waals surface area contributed by atoms with E-state index in [-0.39, 0.29) is 0 Å². The van der Waals surface area contributed by atoms with Gasteiger partial charge in [-0.05, 0) is 24.3 Å². The van der Waals surface area contributed by atoms with Gasteiger partial charge in [-0.25, -0.2) is 4.99 Å². The normalized spacial score (nSPS) is 16.4. The predicted octanol–water partition coefficient (Wildman–Crippen LogP) is 1.81. The Morgan fingerprint density at radius 2 is 1.87 bits per heavy atom. The first-order valence-electron chi connectivity index (χ1n) is 7.54. The number of ether oxygens (including phenoxy) is 1. The third kappa shape index (κ3) is 4.14. The predicted molar refractivity (Wildman–Crippen MR) is 90.9 cm³/mol. The lowest BCUT2D eigenvalue weighted by molar-refractivity contribution is 0.0676. The summed E-state index contributed by atoms with van der Waals surface area (Å²) in [7, 11) is 0. The second-order valence-electron chi connectivity index (χ2n) is 5.09. The number of morpholine rings is 1. The van der Waals surface area contributed by atoms with E-state index in [0.717, 1.165) is 24.3 Å². The Balaban J connectivity index is 1.93. The number of benzene rings is 1. The second-order valence-corrected chi connectivity index (χ2v) is 5.09. The average molecular weight is 309 g/mol. The van der Waals surface area contributed by atoms with Gasteiger partial charge in [0.2, 0.25) is 5.96 Å². The fraction of sp³-hybridized carbons (Fsp3) is 0.235. The second kappa shape index (κ2) is 7.51. The number of nitrogens with two attached hydrogens (primary N) is 1. The zero-order chi connectivity index (χ0) is 15.9. The minimum Gasteiger partial charge on any atom is -0.383 e. The molecule has 0 aliphatic carbocycles. The largest absolute Gasteiger partial charge is 0.383 e. The Morgan fingerprint density at radius 3 is 2.57 bits per heavy atom. The number of guanidine groups is 1. The van der Waals surface area contributed by atoms with Crippen molar-refractivity contribution < 1.29 is 4.74 Å². The van der Waals surface area contributed by atoms with Crippen molar-refractivity contribution in [2.24, 2.45) is 15.7 Å². The van der Waals surface area contributed by atoms with Gasteiger partial charge < -0.3 is 15.4 Å². The maximum Gasteiger partial charge on any atom is 0.228 e. The Labute approximate surface area is 135 Å². The lowest BCUT2D eigenvalue weighted by Crippen LogP contribution is -2.40. The van der Waals surface area contributed by atoms with Crippen LogP contribution in [-0.4, -0.2) is 48.0 Å². The quantitative estimate of drug-likeness (QED) is 0.678. The number of hydrogen-bond donors (Lipinski definition) is 1. The topological polar surface area (TPSA) is 76.1 Å². The number of aliphatic imine (C=N–C) groups is 2. The van der Waals surface area contributed by atoms with Crippen LogP contribution in [0.15, 0.2) is 64.8 Å². The molecule has 0 radical (unpaired) electrons. The van der Waals surface area contributed by atoms with E-state index in [0.29, 0.717) is 25.0 Å². The van der Waals surface area contributed by atoms with Crippen molar-refractivity contribution in [1.82, 2.24) is 9.88 Å². The summed E-state index contributed by atoms with van der Waals surface area (Å²) in [4.78, 5) is 15.3. The molecule has 1 aromatic heterocycles. The van der Waals surface area contributed by atoms with Crippen LogP contribution in [0.2, 0.25) is 0 Å². The first-order valence-corrected chi connectivity index (χ1v) is 7.54. The van der Waals surface area contributed by atoms with E-state index in [1.807, 2.05) is 42.5 Å². The molecule has 1 aliphatic rings. The molecule has 1 saturated heterocycles. The SMILES string of the molecule is NC(=NC(=Nc1ccccc1)N1CCOCC1)c1cccnc1. The molecule has 6 nitrogen and oxygen atoms in total. The van der Waals surface area contributed by atoms with E-state index >= 15 is 0 Å². The molecule has 6 heteroatoms. The molecular formula is C17H19N5O. The summed E-state index contributed by atoms with van der Waals surface area (Å²) in [6.45, 7) is 2.82. The molecule has 2 N–H and O–H groups in total. The van der Waals surface area contributed by atoms with E-state index < -0.39 is 0 Å². The van der Waals surface area contributed by atoms with Crippen LogP contribution in [0.3, 0.4) is 0 Å². The van der Waals surface area contributed by atoms with E-state index in [4.69, 9.17) is 10.5 Å². The van der Waals surface area contributed by atoms with E-state index in [9.17, 15) is 0 Å². The van der Waals surface area contributed by atoms with Gasteiger partial charge in [0.1, 0.15) is 5.84 Å². The van der Waals surface area contributed by atoms with E-state index in [2.05, 4.69) is 19.9 Å². The van der Waals surface area contributed by atoms with Gasteiger partial charge in [0.05, 0.1) is 18.9 Å². The van der Waals surface area contributed by atoms with Crippen molar-refractivity contribution in [1.29, 1.82) is 0 Å². The molecule has 3 rings (SSSR count). The van der Waals surface area contributed by atoms with Gasteiger partial charge >= 0.3 is 0 Å². The zero-order valence-corrected chi connectivity index (χ0v) is 12.8. The van der Waals surface area contributed by atoms with Crippen molar-refractivity contribution in [3.63, 3.8) is 0 Å². The fourth-order valence-corrected chi connectivity index (χ4v) is 2.23. The van der Waals surface area contributed by atoms with Crippen LogP contribution in [0.5, 0.6) is 0 Å². The van der Waals surface area contributed by atoms with Crippen LogP contribution in [0.1, 0.15) is 5.56 Å². The number of nitrogens with zero attached hydrogens (tertiary/aromatic N) is 4. The Kier molecular flexibility index (Phi) is 4.95. The summed E-state index contributed by atoms with van der Waals surface area (Å²) in [5.41, 5.74) is 7.75. The number of amidine groups is 1. The molecule has 2 heterocycles. The van der Waals surface area contributed by atoms with Crippen LogP contribution >= 0.6 is 0 Å². The van der Waals surface area contributed by atoms with Crippen LogP contribution in [-0.2, 0) is 4.74 Å². The molecule has 23 heavy (non-hydrogen) atoms. The van der Waals surface area contributed by atoms with Gasteiger partial charge in [-0.2, -0.15) is 4.99 Å². The first-order chi connectivity index (χ1) is 11.3. The van der Waals surface area contributed by atoms with Gasteiger partial charge in [0, 0.05) is 31.0 Å². The summed E-state index contributed by atoms with van der Waals surface area (Å²) in [5.74, 6) is 1.00. The van der Waals surface area contributed by atoms with Crippen molar-refractivity contribution in [2.75, 3.05) is 26.3 Å². The molecule has 1 fully saturated rings. The van der Waals surface area contributed by atoms with Gasteiger partial charge in [-0.1, -0.05) is 18.2 Å². The Morgan fingerprint density at radius 1 is 1.09 bits per heavy atom. The van der Waals surface area contributed by atoms with Crippen LogP contribution < -0.4 is 5.73 Å². The van der Waals surface area contributed by atoms with Crippen molar-refractivity contribution >= 4 is 17.5 Å². The smallest absolute Gasteiger partial charge is 0.228 e. The fourth-order valence-electron chi connectivity index (χ4n) is 2.23. The highest BCUT2D eigenvalue weighted by atomic mass is 16.5. The van der Waals surface area contributed by atoms with E-state index in [1.54, 1.807) is 12.4 Å². The highest BCUT2D eigenvalue weighted by molar-refractivity contribution is 6.05. The van der Waals surface area contributed by atoms with Gasteiger partial charge in [0.25, 0.3) is 0 Å². The van der Waals surface area contributed by atoms with Crippen LogP contribution in [0.4, 0.5) is 5.69 Å². The third-order valence-electron chi connectivity index (χ3n) is 3.46. The van der Waals surface area contributed by atoms with Gasteiger partial charge in [-0.15, -0.1) is 0 Å². The molecule has 1 aliphatic heterocycles.